The Balaban J connectivity index is 2.29. The van der Waals surface area contributed by atoms with E-state index in [0.717, 1.165) is 14.5 Å². The summed E-state index contributed by atoms with van der Waals surface area (Å²) in [6, 6.07) is 5.95. The molecule has 1 aromatic carbocycles. The first kappa shape index (κ1) is 9.65. The van der Waals surface area contributed by atoms with Crippen LogP contribution in [0.1, 0.15) is 11.9 Å². The van der Waals surface area contributed by atoms with Crippen molar-refractivity contribution in [2.24, 2.45) is 0 Å². The summed E-state index contributed by atoms with van der Waals surface area (Å²) in [6.07, 6.45) is -0.206. The maximum atomic E-state index is 5.39. The predicted molar refractivity (Wildman–Crippen MR) is 56.5 cm³/mol. The molecule has 0 radical (unpaired) electrons. The molecule has 1 saturated heterocycles. The SMILES string of the molecule is Brc1ccc(C2OCCO2)c(Br)c1. The molecular weight excluding hydrogens is 300 g/mol. The molecule has 1 aromatic rings. The van der Waals surface area contributed by atoms with Crippen molar-refractivity contribution in [3.05, 3.63) is 32.7 Å². The van der Waals surface area contributed by atoms with Crippen molar-refractivity contribution < 1.29 is 9.47 Å². The summed E-state index contributed by atoms with van der Waals surface area (Å²) in [5.41, 5.74) is 1.04. The standard InChI is InChI=1S/C9H8Br2O2/c10-6-1-2-7(8(11)5-6)9-12-3-4-13-9/h1-2,5,9H,3-4H2. The third kappa shape index (κ3) is 2.13. The zero-order chi connectivity index (χ0) is 9.26. The average molecular weight is 308 g/mol. The molecule has 0 unspecified atom stereocenters. The Hall–Kier alpha value is 0.1000. The van der Waals surface area contributed by atoms with E-state index in [1.54, 1.807) is 0 Å². The van der Waals surface area contributed by atoms with Crippen molar-refractivity contribution in [1.82, 2.24) is 0 Å². The van der Waals surface area contributed by atoms with Crippen LogP contribution in [-0.4, -0.2) is 13.2 Å². The molecule has 0 saturated carbocycles. The van der Waals surface area contributed by atoms with Gasteiger partial charge in [0.25, 0.3) is 0 Å². The molecule has 0 N–H and O–H groups in total. The maximum absolute atomic E-state index is 5.39. The molecule has 0 amide bonds. The normalized spacial score (nSPS) is 18.0. The molecule has 70 valence electrons. The van der Waals surface area contributed by atoms with Crippen molar-refractivity contribution in [2.45, 2.75) is 6.29 Å². The Labute approximate surface area is 93.5 Å². The fraction of sp³-hybridized carbons (Fsp3) is 0.333. The highest BCUT2D eigenvalue weighted by Crippen LogP contribution is 2.31. The number of hydrogen-bond acceptors (Lipinski definition) is 2. The zero-order valence-electron chi connectivity index (χ0n) is 6.80. The predicted octanol–water partition coefficient (Wildman–Crippen LogP) is 3.26. The number of ether oxygens (including phenoxy) is 2. The van der Waals surface area contributed by atoms with Gasteiger partial charge in [-0.3, -0.25) is 0 Å². The first-order valence-electron chi connectivity index (χ1n) is 3.95. The van der Waals surface area contributed by atoms with Gasteiger partial charge in [0.05, 0.1) is 13.2 Å². The van der Waals surface area contributed by atoms with Crippen LogP contribution in [0.4, 0.5) is 0 Å². The molecule has 0 spiro atoms. The monoisotopic (exact) mass is 306 g/mol. The second kappa shape index (κ2) is 4.09. The molecule has 0 bridgehead atoms. The first-order chi connectivity index (χ1) is 6.27. The molecule has 13 heavy (non-hydrogen) atoms. The highest BCUT2D eigenvalue weighted by Gasteiger charge is 2.20. The van der Waals surface area contributed by atoms with Crippen LogP contribution in [-0.2, 0) is 9.47 Å². The van der Waals surface area contributed by atoms with Crippen molar-refractivity contribution in [1.29, 1.82) is 0 Å². The molecule has 4 heteroatoms. The van der Waals surface area contributed by atoms with Gasteiger partial charge in [-0.15, -0.1) is 0 Å². The van der Waals surface area contributed by atoms with E-state index in [4.69, 9.17) is 9.47 Å². The number of benzene rings is 1. The zero-order valence-corrected chi connectivity index (χ0v) is 9.97. The molecule has 2 nitrogen and oxygen atoms in total. The van der Waals surface area contributed by atoms with Gasteiger partial charge in [0.1, 0.15) is 0 Å². The van der Waals surface area contributed by atoms with E-state index in [-0.39, 0.29) is 6.29 Å². The number of hydrogen-bond donors (Lipinski definition) is 0. The summed E-state index contributed by atoms with van der Waals surface area (Å²) in [5.74, 6) is 0. The molecule has 0 aromatic heterocycles. The Kier molecular flexibility index (Phi) is 3.03. The summed E-state index contributed by atoms with van der Waals surface area (Å²) < 4.78 is 12.8. The quantitative estimate of drug-likeness (QED) is 0.793. The van der Waals surface area contributed by atoms with Crippen LogP contribution >= 0.6 is 31.9 Å². The fourth-order valence-corrected chi connectivity index (χ4v) is 2.46. The lowest BCUT2D eigenvalue weighted by Gasteiger charge is -2.11. The van der Waals surface area contributed by atoms with Crippen LogP contribution in [0.5, 0.6) is 0 Å². The van der Waals surface area contributed by atoms with Crippen LogP contribution in [0.3, 0.4) is 0 Å². The largest absolute Gasteiger partial charge is 0.346 e. The molecule has 1 fully saturated rings. The lowest BCUT2D eigenvalue weighted by atomic mass is 10.2. The van der Waals surface area contributed by atoms with E-state index in [1.165, 1.54) is 0 Å². The minimum Gasteiger partial charge on any atom is -0.346 e. The van der Waals surface area contributed by atoms with E-state index in [1.807, 2.05) is 18.2 Å². The number of halogens is 2. The van der Waals surface area contributed by atoms with Crippen molar-refractivity contribution in [3.8, 4) is 0 Å². The van der Waals surface area contributed by atoms with E-state index < -0.39 is 0 Å². The highest BCUT2D eigenvalue weighted by molar-refractivity contribution is 9.11. The topological polar surface area (TPSA) is 18.5 Å². The Morgan fingerprint density at radius 2 is 1.85 bits per heavy atom. The average Bonchev–Trinajstić information content (AvgIpc) is 2.56. The molecule has 1 heterocycles. The Morgan fingerprint density at radius 3 is 2.46 bits per heavy atom. The minimum atomic E-state index is -0.206. The third-order valence-electron chi connectivity index (χ3n) is 1.84. The van der Waals surface area contributed by atoms with Gasteiger partial charge in [-0.1, -0.05) is 37.9 Å². The maximum Gasteiger partial charge on any atom is 0.185 e. The van der Waals surface area contributed by atoms with E-state index in [0.29, 0.717) is 13.2 Å². The van der Waals surface area contributed by atoms with E-state index in [9.17, 15) is 0 Å². The molecule has 0 aliphatic carbocycles. The Bertz CT molecular complexity index is 308. The van der Waals surface area contributed by atoms with Gasteiger partial charge in [0.15, 0.2) is 6.29 Å². The smallest absolute Gasteiger partial charge is 0.185 e. The van der Waals surface area contributed by atoms with Crippen molar-refractivity contribution in [3.63, 3.8) is 0 Å². The Morgan fingerprint density at radius 1 is 1.15 bits per heavy atom. The van der Waals surface area contributed by atoms with Gasteiger partial charge < -0.3 is 9.47 Å². The van der Waals surface area contributed by atoms with Gasteiger partial charge in [-0.25, -0.2) is 0 Å². The van der Waals surface area contributed by atoms with Gasteiger partial charge in [-0.05, 0) is 12.1 Å². The van der Waals surface area contributed by atoms with E-state index >= 15 is 0 Å². The third-order valence-corrected chi connectivity index (χ3v) is 3.02. The number of rotatable bonds is 1. The van der Waals surface area contributed by atoms with Gasteiger partial charge in [0, 0.05) is 14.5 Å². The summed E-state index contributed by atoms with van der Waals surface area (Å²) in [7, 11) is 0. The van der Waals surface area contributed by atoms with Crippen LogP contribution < -0.4 is 0 Å². The molecule has 0 atom stereocenters. The molecule has 1 aliphatic heterocycles. The lowest BCUT2D eigenvalue weighted by Crippen LogP contribution is -1.98. The lowest BCUT2D eigenvalue weighted by molar-refractivity contribution is -0.0446. The molecular formula is C9H8Br2O2. The summed E-state index contributed by atoms with van der Waals surface area (Å²) in [4.78, 5) is 0. The minimum absolute atomic E-state index is 0.206. The first-order valence-corrected chi connectivity index (χ1v) is 5.54. The van der Waals surface area contributed by atoms with E-state index in [2.05, 4.69) is 31.9 Å². The van der Waals surface area contributed by atoms with Crippen LogP contribution in [0.25, 0.3) is 0 Å². The summed E-state index contributed by atoms with van der Waals surface area (Å²) in [6.45, 7) is 1.35. The molecule has 1 aliphatic rings. The van der Waals surface area contributed by atoms with Gasteiger partial charge >= 0.3 is 0 Å². The van der Waals surface area contributed by atoms with Crippen molar-refractivity contribution >= 4 is 31.9 Å². The fourth-order valence-electron chi connectivity index (χ4n) is 1.23. The molecule has 2 rings (SSSR count). The second-order valence-electron chi connectivity index (χ2n) is 2.74. The summed E-state index contributed by atoms with van der Waals surface area (Å²) in [5, 5.41) is 0. The second-order valence-corrected chi connectivity index (χ2v) is 4.51. The van der Waals surface area contributed by atoms with Crippen molar-refractivity contribution in [2.75, 3.05) is 13.2 Å². The van der Waals surface area contributed by atoms with Crippen LogP contribution in [0, 0.1) is 0 Å². The van der Waals surface area contributed by atoms with Crippen LogP contribution in [0.2, 0.25) is 0 Å². The van der Waals surface area contributed by atoms with Gasteiger partial charge in [-0.2, -0.15) is 0 Å². The van der Waals surface area contributed by atoms with Gasteiger partial charge in [0.2, 0.25) is 0 Å². The highest BCUT2D eigenvalue weighted by atomic mass is 79.9. The summed E-state index contributed by atoms with van der Waals surface area (Å²) >= 11 is 6.86. The van der Waals surface area contributed by atoms with Crippen LogP contribution in [0.15, 0.2) is 27.1 Å².